The smallest absolute Gasteiger partial charge is 0.180 e. The Morgan fingerprint density at radius 1 is 1.33 bits per heavy atom. The summed E-state index contributed by atoms with van der Waals surface area (Å²) < 4.78 is 0. The van der Waals surface area contributed by atoms with Crippen LogP contribution in [0.4, 0.5) is 5.82 Å². The molecule has 3 N–H and O–H groups in total. The monoisotopic (exact) mass is 201 g/mol. The zero-order chi connectivity index (χ0) is 10.8. The Morgan fingerprint density at radius 3 is 2.60 bits per heavy atom. The van der Waals surface area contributed by atoms with Crippen LogP contribution in [-0.2, 0) is 0 Å². The number of hydrogen-bond acceptors (Lipinski definition) is 3. The Balaban J connectivity index is 2.62. The molecule has 0 aliphatic rings. The van der Waals surface area contributed by atoms with Crippen molar-refractivity contribution in [3.05, 3.63) is 36.0 Å². The minimum absolute atomic E-state index is 0.0956. The van der Waals surface area contributed by atoms with Crippen LogP contribution >= 0.6 is 0 Å². The molecule has 0 spiro atoms. The topological polar surface area (TPSA) is 71.8 Å². The first-order valence-electron chi connectivity index (χ1n) is 4.60. The van der Waals surface area contributed by atoms with Crippen LogP contribution < -0.4 is 5.73 Å². The molecule has 2 rings (SSSR count). The summed E-state index contributed by atoms with van der Waals surface area (Å²) in [6, 6.07) is 9.49. The number of rotatable bonds is 2. The number of benzene rings is 1. The number of hydrogen-bond donors (Lipinski definition) is 2. The molecule has 0 radical (unpaired) electrons. The van der Waals surface area contributed by atoms with Gasteiger partial charge in [-0.1, -0.05) is 30.3 Å². The lowest BCUT2D eigenvalue weighted by Crippen LogP contribution is -1.96. The SMILES string of the molecule is CC(=O)c1n[nH]c(N)c1-c1ccccc1. The third-order valence-electron chi connectivity index (χ3n) is 2.19. The van der Waals surface area contributed by atoms with E-state index in [0.717, 1.165) is 5.56 Å². The molecule has 4 nitrogen and oxygen atoms in total. The van der Waals surface area contributed by atoms with E-state index < -0.39 is 0 Å². The van der Waals surface area contributed by atoms with Crippen molar-refractivity contribution in [2.24, 2.45) is 0 Å². The van der Waals surface area contributed by atoms with Crippen molar-refractivity contribution in [3.8, 4) is 11.1 Å². The highest BCUT2D eigenvalue weighted by molar-refractivity contribution is 6.01. The van der Waals surface area contributed by atoms with Crippen molar-refractivity contribution < 1.29 is 4.79 Å². The fraction of sp³-hybridized carbons (Fsp3) is 0.0909. The van der Waals surface area contributed by atoms with Gasteiger partial charge >= 0.3 is 0 Å². The number of carbonyl (C=O) groups is 1. The van der Waals surface area contributed by atoms with Crippen molar-refractivity contribution >= 4 is 11.6 Å². The molecule has 0 bridgehead atoms. The Bertz CT molecular complexity index is 488. The molecule has 1 heterocycles. The number of nitrogens with zero attached hydrogens (tertiary/aromatic N) is 1. The number of ketones is 1. The first-order valence-corrected chi connectivity index (χ1v) is 4.60. The van der Waals surface area contributed by atoms with E-state index in [4.69, 9.17) is 5.73 Å². The van der Waals surface area contributed by atoms with Crippen molar-refractivity contribution in [1.82, 2.24) is 10.2 Å². The Labute approximate surface area is 87.1 Å². The van der Waals surface area contributed by atoms with E-state index in [2.05, 4.69) is 10.2 Å². The van der Waals surface area contributed by atoms with Gasteiger partial charge in [-0.3, -0.25) is 9.89 Å². The number of H-pyrrole nitrogens is 1. The zero-order valence-electron chi connectivity index (χ0n) is 8.32. The molecule has 0 amide bonds. The first kappa shape index (κ1) is 9.45. The van der Waals surface area contributed by atoms with Crippen molar-refractivity contribution in [2.75, 3.05) is 5.73 Å². The molecule has 0 saturated heterocycles. The van der Waals surface area contributed by atoms with Gasteiger partial charge in [0.1, 0.15) is 11.5 Å². The number of aromatic amines is 1. The predicted molar refractivity (Wildman–Crippen MR) is 58.4 cm³/mol. The summed E-state index contributed by atoms with van der Waals surface area (Å²) in [6.07, 6.45) is 0. The number of Topliss-reactive ketones (excluding diaryl/α,β-unsaturated/α-hetero) is 1. The molecule has 1 aromatic carbocycles. The Morgan fingerprint density at radius 2 is 2.00 bits per heavy atom. The van der Waals surface area contributed by atoms with Crippen LogP contribution in [0.3, 0.4) is 0 Å². The second kappa shape index (κ2) is 3.57. The van der Waals surface area contributed by atoms with Crippen LogP contribution in [0, 0.1) is 0 Å². The molecule has 4 heteroatoms. The number of carbonyl (C=O) groups excluding carboxylic acids is 1. The predicted octanol–water partition coefficient (Wildman–Crippen LogP) is 1.86. The first-order chi connectivity index (χ1) is 7.20. The summed E-state index contributed by atoms with van der Waals surface area (Å²) in [5.41, 5.74) is 7.71. The largest absolute Gasteiger partial charge is 0.384 e. The molecule has 0 aliphatic heterocycles. The van der Waals surface area contributed by atoms with Gasteiger partial charge in [0.15, 0.2) is 5.78 Å². The van der Waals surface area contributed by atoms with E-state index in [-0.39, 0.29) is 5.78 Å². The third kappa shape index (κ3) is 1.61. The second-order valence-electron chi connectivity index (χ2n) is 3.28. The normalized spacial score (nSPS) is 10.2. The lowest BCUT2D eigenvalue weighted by molar-refractivity contribution is 0.101. The molecule has 0 fully saturated rings. The lowest BCUT2D eigenvalue weighted by atomic mass is 10.0. The third-order valence-corrected chi connectivity index (χ3v) is 2.19. The van der Waals surface area contributed by atoms with Gasteiger partial charge < -0.3 is 5.73 Å². The van der Waals surface area contributed by atoms with E-state index in [1.807, 2.05) is 30.3 Å². The average Bonchev–Trinajstić information content (AvgIpc) is 2.61. The van der Waals surface area contributed by atoms with E-state index in [1.165, 1.54) is 6.92 Å². The van der Waals surface area contributed by atoms with Crippen LogP contribution in [-0.4, -0.2) is 16.0 Å². The summed E-state index contributed by atoms with van der Waals surface area (Å²) >= 11 is 0. The molecule has 0 atom stereocenters. The van der Waals surface area contributed by atoms with Crippen LogP contribution in [0.15, 0.2) is 30.3 Å². The highest BCUT2D eigenvalue weighted by Crippen LogP contribution is 2.27. The van der Waals surface area contributed by atoms with Crippen LogP contribution in [0.5, 0.6) is 0 Å². The maximum absolute atomic E-state index is 11.3. The van der Waals surface area contributed by atoms with Crippen molar-refractivity contribution in [2.45, 2.75) is 6.92 Å². The van der Waals surface area contributed by atoms with Crippen molar-refractivity contribution in [3.63, 3.8) is 0 Å². The minimum Gasteiger partial charge on any atom is -0.384 e. The number of nitrogens with two attached hydrogens (primary N) is 1. The standard InChI is InChI=1S/C11H11N3O/c1-7(15)10-9(11(12)14-13-10)8-5-3-2-4-6-8/h2-6H,1H3,(H3,12,13,14). The molecular weight excluding hydrogens is 190 g/mol. The van der Waals surface area contributed by atoms with Crippen molar-refractivity contribution in [1.29, 1.82) is 0 Å². The van der Waals surface area contributed by atoms with Gasteiger partial charge in [0.05, 0.1) is 5.56 Å². The number of nitrogens with one attached hydrogen (secondary N) is 1. The summed E-state index contributed by atoms with van der Waals surface area (Å²) in [5.74, 6) is 0.327. The van der Waals surface area contributed by atoms with E-state index >= 15 is 0 Å². The molecule has 15 heavy (non-hydrogen) atoms. The summed E-state index contributed by atoms with van der Waals surface area (Å²) in [7, 11) is 0. The van der Waals surface area contributed by atoms with E-state index in [1.54, 1.807) is 0 Å². The van der Waals surface area contributed by atoms with Crippen LogP contribution in [0.1, 0.15) is 17.4 Å². The summed E-state index contributed by atoms with van der Waals surface area (Å²) in [5, 5.41) is 6.52. The zero-order valence-corrected chi connectivity index (χ0v) is 8.32. The van der Waals surface area contributed by atoms with Crippen LogP contribution in [0.25, 0.3) is 11.1 Å². The molecule has 1 aromatic heterocycles. The summed E-state index contributed by atoms with van der Waals surface area (Å²) in [6.45, 7) is 1.47. The molecule has 0 aliphatic carbocycles. The molecule has 0 saturated carbocycles. The second-order valence-corrected chi connectivity index (χ2v) is 3.28. The van der Waals surface area contributed by atoms with Gasteiger partial charge in [0, 0.05) is 6.92 Å². The van der Waals surface area contributed by atoms with Gasteiger partial charge in [-0.15, -0.1) is 0 Å². The van der Waals surface area contributed by atoms with E-state index in [9.17, 15) is 4.79 Å². The fourth-order valence-electron chi connectivity index (χ4n) is 1.51. The van der Waals surface area contributed by atoms with Gasteiger partial charge in [0.2, 0.25) is 0 Å². The Kier molecular flexibility index (Phi) is 2.25. The minimum atomic E-state index is -0.0956. The Hall–Kier alpha value is -2.10. The average molecular weight is 201 g/mol. The maximum atomic E-state index is 11.3. The summed E-state index contributed by atoms with van der Waals surface area (Å²) in [4.78, 5) is 11.3. The number of anilines is 1. The highest BCUT2D eigenvalue weighted by Gasteiger charge is 2.15. The highest BCUT2D eigenvalue weighted by atomic mass is 16.1. The molecule has 0 unspecified atom stereocenters. The molecule has 2 aromatic rings. The van der Waals surface area contributed by atoms with Gasteiger partial charge in [-0.2, -0.15) is 5.10 Å². The quantitative estimate of drug-likeness (QED) is 0.728. The van der Waals surface area contributed by atoms with E-state index in [0.29, 0.717) is 17.1 Å². The van der Waals surface area contributed by atoms with Gasteiger partial charge in [0.25, 0.3) is 0 Å². The lowest BCUT2D eigenvalue weighted by Gasteiger charge is -2.00. The number of aromatic nitrogens is 2. The van der Waals surface area contributed by atoms with Crippen LogP contribution in [0.2, 0.25) is 0 Å². The fourth-order valence-corrected chi connectivity index (χ4v) is 1.51. The molecule has 76 valence electrons. The molecular formula is C11H11N3O. The number of nitrogen functional groups attached to an aromatic ring is 1. The van der Waals surface area contributed by atoms with Gasteiger partial charge in [-0.25, -0.2) is 0 Å². The maximum Gasteiger partial charge on any atom is 0.180 e. The van der Waals surface area contributed by atoms with Gasteiger partial charge in [-0.05, 0) is 5.56 Å².